The van der Waals surface area contributed by atoms with E-state index in [4.69, 9.17) is 4.98 Å². The van der Waals surface area contributed by atoms with Crippen LogP contribution in [0.15, 0.2) is 54.9 Å². The summed E-state index contributed by atoms with van der Waals surface area (Å²) in [6.45, 7) is 1.76. The molecule has 1 saturated carbocycles. The Hall–Kier alpha value is -2.92. The van der Waals surface area contributed by atoms with Crippen molar-refractivity contribution >= 4 is 17.6 Å². The molecule has 3 heterocycles. The summed E-state index contributed by atoms with van der Waals surface area (Å²) >= 11 is 0. The predicted octanol–water partition coefficient (Wildman–Crippen LogP) is 3.97. The maximum absolute atomic E-state index is 4.71. The van der Waals surface area contributed by atoms with E-state index in [-0.39, 0.29) is 0 Å². The Balaban J connectivity index is 1.38. The van der Waals surface area contributed by atoms with Crippen LogP contribution in [0.1, 0.15) is 24.2 Å². The predicted molar refractivity (Wildman–Crippen MR) is 104 cm³/mol. The first-order valence-corrected chi connectivity index (χ1v) is 9.13. The molecule has 0 atom stereocenters. The van der Waals surface area contributed by atoms with Crippen molar-refractivity contribution in [3.05, 3.63) is 66.3 Å². The van der Waals surface area contributed by atoms with Crippen molar-refractivity contribution in [3.63, 3.8) is 0 Å². The standard InChI is InChI=1S/C21H21N5/c1-4-15(19-14-26-11-3-7-20(26)25-19)12-18(6-1)24-21-16(5-2-10-22-21)13-23-17-8-9-17/h1-7,10,12,14,17,23H,8-9,11,13H2,(H,22,24). The van der Waals surface area contributed by atoms with Gasteiger partial charge in [-0.3, -0.25) is 0 Å². The van der Waals surface area contributed by atoms with Gasteiger partial charge in [-0.1, -0.05) is 24.3 Å². The third kappa shape index (κ3) is 3.13. The third-order valence-corrected chi connectivity index (χ3v) is 4.85. The molecule has 0 bridgehead atoms. The summed E-state index contributed by atoms with van der Waals surface area (Å²) in [5.74, 6) is 1.93. The van der Waals surface area contributed by atoms with Crippen molar-refractivity contribution in [2.24, 2.45) is 0 Å². The molecular weight excluding hydrogens is 322 g/mol. The van der Waals surface area contributed by atoms with Gasteiger partial charge in [0.05, 0.1) is 5.69 Å². The molecule has 2 aromatic heterocycles. The Morgan fingerprint density at radius 2 is 2.12 bits per heavy atom. The summed E-state index contributed by atoms with van der Waals surface area (Å²) in [4.78, 5) is 9.24. The fourth-order valence-corrected chi connectivity index (χ4v) is 3.25. The van der Waals surface area contributed by atoms with Crippen LogP contribution < -0.4 is 10.6 Å². The highest BCUT2D eigenvalue weighted by Gasteiger charge is 2.20. The number of pyridine rings is 1. The Morgan fingerprint density at radius 3 is 3.00 bits per heavy atom. The van der Waals surface area contributed by atoms with Gasteiger partial charge >= 0.3 is 0 Å². The molecule has 130 valence electrons. The van der Waals surface area contributed by atoms with E-state index in [0.717, 1.165) is 41.7 Å². The van der Waals surface area contributed by atoms with E-state index in [9.17, 15) is 0 Å². The molecule has 1 fully saturated rings. The van der Waals surface area contributed by atoms with Gasteiger partial charge in [0.1, 0.15) is 11.6 Å². The van der Waals surface area contributed by atoms with Crippen LogP contribution in [-0.2, 0) is 13.1 Å². The van der Waals surface area contributed by atoms with Crippen molar-refractivity contribution in [1.82, 2.24) is 19.9 Å². The zero-order valence-corrected chi connectivity index (χ0v) is 14.5. The zero-order valence-electron chi connectivity index (χ0n) is 14.5. The van der Waals surface area contributed by atoms with Crippen LogP contribution in [-0.4, -0.2) is 20.6 Å². The first kappa shape index (κ1) is 15.3. The summed E-state index contributed by atoms with van der Waals surface area (Å²) < 4.78 is 2.16. The highest BCUT2D eigenvalue weighted by molar-refractivity contribution is 5.69. The van der Waals surface area contributed by atoms with Gasteiger partial charge in [0.2, 0.25) is 0 Å². The molecule has 2 N–H and O–H groups in total. The second-order valence-electron chi connectivity index (χ2n) is 6.91. The third-order valence-electron chi connectivity index (χ3n) is 4.85. The molecule has 5 rings (SSSR count). The van der Waals surface area contributed by atoms with Crippen molar-refractivity contribution in [3.8, 4) is 11.3 Å². The first-order chi connectivity index (χ1) is 12.8. The van der Waals surface area contributed by atoms with Crippen molar-refractivity contribution in [2.45, 2.75) is 32.0 Å². The number of hydrogen-bond acceptors (Lipinski definition) is 4. The smallest absolute Gasteiger partial charge is 0.134 e. The Bertz CT molecular complexity index is 968. The highest BCUT2D eigenvalue weighted by Crippen LogP contribution is 2.27. The van der Waals surface area contributed by atoms with Gasteiger partial charge in [0.15, 0.2) is 0 Å². The average Bonchev–Trinajstić information content (AvgIpc) is 3.24. The normalized spacial score (nSPS) is 15.2. The van der Waals surface area contributed by atoms with Crippen LogP contribution >= 0.6 is 0 Å². The van der Waals surface area contributed by atoms with Crippen molar-refractivity contribution < 1.29 is 0 Å². The minimum atomic E-state index is 0.684. The molecule has 3 aromatic rings. The van der Waals surface area contributed by atoms with Gasteiger partial charge in [-0.05, 0) is 37.1 Å². The number of fused-ring (bicyclic) bond motifs is 1. The summed E-state index contributed by atoms with van der Waals surface area (Å²) in [6, 6.07) is 13.2. The molecule has 5 heteroatoms. The molecule has 0 spiro atoms. The fourth-order valence-electron chi connectivity index (χ4n) is 3.25. The lowest BCUT2D eigenvalue weighted by atomic mass is 10.1. The number of hydrogen-bond donors (Lipinski definition) is 2. The molecule has 1 aliphatic carbocycles. The van der Waals surface area contributed by atoms with E-state index >= 15 is 0 Å². The summed E-state index contributed by atoms with van der Waals surface area (Å²) in [6.07, 6.45) is 10.7. The maximum atomic E-state index is 4.71. The second-order valence-corrected chi connectivity index (χ2v) is 6.91. The van der Waals surface area contributed by atoms with Crippen LogP contribution in [0.3, 0.4) is 0 Å². The van der Waals surface area contributed by atoms with Crippen LogP contribution in [0, 0.1) is 0 Å². The van der Waals surface area contributed by atoms with Gasteiger partial charge in [0, 0.05) is 48.3 Å². The lowest BCUT2D eigenvalue weighted by Crippen LogP contribution is -2.16. The van der Waals surface area contributed by atoms with Gasteiger partial charge in [-0.15, -0.1) is 0 Å². The van der Waals surface area contributed by atoms with Crippen molar-refractivity contribution in [1.29, 1.82) is 0 Å². The Labute approximate surface area is 152 Å². The molecule has 5 nitrogen and oxygen atoms in total. The van der Waals surface area contributed by atoms with Crippen LogP contribution in [0.5, 0.6) is 0 Å². The number of allylic oxidation sites excluding steroid dienone is 1. The molecule has 0 amide bonds. The summed E-state index contributed by atoms with van der Waals surface area (Å²) in [7, 11) is 0. The minimum Gasteiger partial charge on any atom is -0.340 e. The van der Waals surface area contributed by atoms with E-state index in [1.54, 1.807) is 0 Å². The molecule has 0 radical (unpaired) electrons. The fraction of sp³-hybridized carbons (Fsp3) is 0.238. The van der Waals surface area contributed by atoms with Crippen molar-refractivity contribution in [2.75, 3.05) is 5.32 Å². The van der Waals surface area contributed by atoms with Gasteiger partial charge in [0.25, 0.3) is 0 Å². The van der Waals surface area contributed by atoms with E-state index in [1.165, 1.54) is 18.4 Å². The van der Waals surface area contributed by atoms with E-state index in [1.807, 2.05) is 12.3 Å². The van der Waals surface area contributed by atoms with E-state index < -0.39 is 0 Å². The number of rotatable bonds is 6. The van der Waals surface area contributed by atoms with Gasteiger partial charge in [-0.25, -0.2) is 9.97 Å². The topological polar surface area (TPSA) is 54.8 Å². The SMILES string of the molecule is C1=Cc2nc(-c3cccc(Nc4ncccc4CNC4CC4)c3)cn2C1. The van der Waals surface area contributed by atoms with Crippen LogP contribution in [0.4, 0.5) is 11.5 Å². The van der Waals surface area contributed by atoms with E-state index in [0.29, 0.717) is 6.04 Å². The lowest BCUT2D eigenvalue weighted by molar-refractivity contribution is 0.687. The highest BCUT2D eigenvalue weighted by atomic mass is 15.1. The number of benzene rings is 1. The molecule has 1 aromatic carbocycles. The van der Waals surface area contributed by atoms with E-state index in [2.05, 4.69) is 68.9 Å². The number of anilines is 2. The second kappa shape index (κ2) is 6.42. The molecule has 26 heavy (non-hydrogen) atoms. The van der Waals surface area contributed by atoms with Gasteiger partial charge < -0.3 is 15.2 Å². The number of imidazole rings is 1. The largest absolute Gasteiger partial charge is 0.340 e. The molecule has 1 aliphatic heterocycles. The maximum Gasteiger partial charge on any atom is 0.134 e. The Kier molecular flexibility index (Phi) is 3.79. The summed E-state index contributed by atoms with van der Waals surface area (Å²) in [5.41, 5.74) is 4.33. The lowest BCUT2D eigenvalue weighted by Gasteiger charge is -2.12. The monoisotopic (exact) mass is 343 g/mol. The first-order valence-electron chi connectivity index (χ1n) is 9.13. The summed E-state index contributed by atoms with van der Waals surface area (Å²) in [5, 5.41) is 7.04. The average molecular weight is 343 g/mol. The number of nitrogens with one attached hydrogen (secondary N) is 2. The molecule has 0 unspecified atom stereocenters. The van der Waals surface area contributed by atoms with Gasteiger partial charge in [-0.2, -0.15) is 0 Å². The molecular formula is C21H21N5. The molecule has 2 aliphatic rings. The van der Waals surface area contributed by atoms with Crippen LogP contribution in [0.2, 0.25) is 0 Å². The minimum absolute atomic E-state index is 0.684. The molecule has 0 saturated heterocycles. The number of nitrogens with zero attached hydrogens (tertiary/aromatic N) is 3. The quantitative estimate of drug-likeness (QED) is 0.711. The zero-order chi connectivity index (χ0) is 17.3. The number of aromatic nitrogens is 3. The van der Waals surface area contributed by atoms with Crippen LogP contribution in [0.25, 0.3) is 17.3 Å². The Morgan fingerprint density at radius 1 is 1.15 bits per heavy atom.